The van der Waals surface area contributed by atoms with Gasteiger partial charge in [-0.1, -0.05) is 21.6 Å². The van der Waals surface area contributed by atoms with Gasteiger partial charge in [0.15, 0.2) is 0 Å². The second-order valence-electron chi connectivity index (χ2n) is 7.18. The van der Waals surface area contributed by atoms with Crippen molar-refractivity contribution in [3.63, 3.8) is 0 Å². The van der Waals surface area contributed by atoms with Crippen LogP contribution in [0.1, 0.15) is 25.7 Å². The maximum absolute atomic E-state index is 11.8. The summed E-state index contributed by atoms with van der Waals surface area (Å²) >= 11 is 0. The van der Waals surface area contributed by atoms with E-state index in [9.17, 15) is 9.59 Å². The van der Waals surface area contributed by atoms with Gasteiger partial charge in [0, 0.05) is 37.4 Å². The van der Waals surface area contributed by atoms with Crippen LogP contribution in [0.25, 0.3) is 0 Å². The van der Waals surface area contributed by atoms with Crippen LogP contribution in [0.4, 0.5) is 0 Å². The molecule has 2 rings (SSSR count). The minimum atomic E-state index is 0.109. The third kappa shape index (κ3) is 10.7. The molecule has 0 aliphatic heterocycles. The summed E-state index contributed by atoms with van der Waals surface area (Å²) < 4.78 is 8.15. The van der Waals surface area contributed by atoms with Gasteiger partial charge in [-0.25, -0.2) is 18.3 Å². The van der Waals surface area contributed by atoms with E-state index in [4.69, 9.17) is 0 Å². The van der Waals surface area contributed by atoms with Gasteiger partial charge in [0.05, 0.1) is 27.2 Å². The van der Waals surface area contributed by atoms with Gasteiger partial charge >= 0.3 is 0 Å². The summed E-state index contributed by atoms with van der Waals surface area (Å²) in [5.74, 6) is 1.95. The number of nitrogens with zero attached hydrogens (tertiary/aromatic N) is 4. The summed E-state index contributed by atoms with van der Waals surface area (Å²) in [5.41, 5.74) is 0. The summed E-state index contributed by atoms with van der Waals surface area (Å²) in [6, 6.07) is 0. The van der Waals surface area contributed by atoms with E-state index >= 15 is 0 Å². The van der Waals surface area contributed by atoms with Crippen molar-refractivity contribution < 1.29 is 18.7 Å². The van der Waals surface area contributed by atoms with Crippen molar-refractivity contribution in [3.05, 3.63) is 37.4 Å². The fourth-order valence-corrected chi connectivity index (χ4v) is 4.68. The lowest BCUT2D eigenvalue weighted by atomic mass is 10.3. The molecule has 0 bridgehead atoms. The standard InChI is InChI=1S/C20H32N6O2S2/c1-23-11-13-25(17-23)9-3-5-19(27)21-7-15-29-30-16-8-22-20(28)6-4-10-26-14-12-24(2)18-26/h11-14,17-18H,3-10,15-16H2,1-2H3/p+2. The molecular weight excluding hydrogens is 420 g/mol. The minimum Gasteiger partial charge on any atom is -0.355 e. The average molecular weight is 455 g/mol. The van der Waals surface area contributed by atoms with E-state index in [1.165, 1.54) is 0 Å². The third-order valence-electron chi connectivity index (χ3n) is 4.39. The molecule has 2 aromatic rings. The Morgan fingerprint density at radius 2 is 1.23 bits per heavy atom. The van der Waals surface area contributed by atoms with E-state index in [1.807, 2.05) is 60.7 Å². The summed E-state index contributed by atoms with van der Waals surface area (Å²) in [6.07, 6.45) is 14.8. The van der Waals surface area contributed by atoms with Gasteiger partial charge in [0.2, 0.25) is 24.5 Å². The highest BCUT2D eigenvalue weighted by Gasteiger charge is 2.05. The van der Waals surface area contributed by atoms with Crippen molar-refractivity contribution in [1.29, 1.82) is 0 Å². The predicted molar refractivity (Wildman–Crippen MR) is 121 cm³/mol. The van der Waals surface area contributed by atoms with Crippen LogP contribution in [0.5, 0.6) is 0 Å². The second-order valence-corrected chi connectivity index (χ2v) is 9.89. The first kappa shape index (κ1) is 24.3. The lowest BCUT2D eigenvalue weighted by molar-refractivity contribution is -0.671. The van der Waals surface area contributed by atoms with Crippen LogP contribution in [0, 0.1) is 0 Å². The van der Waals surface area contributed by atoms with Crippen molar-refractivity contribution in [2.75, 3.05) is 24.6 Å². The number of hydrogen-bond donors (Lipinski definition) is 2. The Balaban J connectivity index is 1.35. The Kier molecular flexibility index (Phi) is 11.5. The Hall–Kier alpha value is -1.94. The first-order chi connectivity index (χ1) is 14.5. The molecule has 2 N–H and O–H groups in total. The molecule has 2 aromatic heterocycles. The smallest absolute Gasteiger partial charge is 0.243 e. The Labute approximate surface area is 186 Å². The minimum absolute atomic E-state index is 0.109. The van der Waals surface area contributed by atoms with Gasteiger partial charge in [0.1, 0.15) is 24.8 Å². The molecule has 0 saturated carbocycles. The number of rotatable bonds is 15. The maximum atomic E-state index is 11.8. The first-order valence-electron chi connectivity index (χ1n) is 10.3. The zero-order valence-corrected chi connectivity index (χ0v) is 19.6. The van der Waals surface area contributed by atoms with Gasteiger partial charge in [-0.05, 0) is 12.8 Å². The summed E-state index contributed by atoms with van der Waals surface area (Å²) in [5, 5.41) is 5.92. The number of carbonyl (C=O) groups excluding carboxylic acids is 2. The number of aromatic nitrogens is 4. The van der Waals surface area contributed by atoms with Crippen LogP contribution in [0.15, 0.2) is 37.4 Å². The van der Waals surface area contributed by atoms with E-state index in [2.05, 4.69) is 19.8 Å². The van der Waals surface area contributed by atoms with Crippen molar-refractivity contribution in [2.24, 2.45) is 14.1 Å². The van der Waals surface area contributed by atoms with Gasteiger partial charge in [-0.3, -0.25) is 9.59 Å². The predicted octanol–water partition coefficient (Wildman–Crippen LogP) is 0.813. The molecule has 0 aromatic carbocycles. The lowest BCUT2D eigenvalue weighted by Gasteiger charge is -2.06. The lowest BCUT2D eigenvalue weighted by Crippen LogP contribution is -2.26. The SMILES string of the molecule is C[n+]1ccn(CCCC(=O)NCCSSCCNC(=O)CCCn2cc[n+](C)c2)c1. The van der Waals surface area contributed by atoms with E-state index in [1.54, 1.807) is 21.6 Å². The maximum Gasteiger partial charge on any atom is 0.243 e. The summed E-state index contributed by atoms with van der Waals surface area (Å²) in [6.45, 7) is 3.07. The van der Waals surface area contributed by atoms with Gasteiger partial charge in [-0.15, -0.1) is 0 Å². The molecule has 0 saturated heterocycles. The Bertz CT molecular complexity index is 713. The zero-order valence-electron chi connectivity index (χ0n) is 18.0. The van der Waals surface area contributed by atoms with Crippen molar-refractivity contribution in [1.82, 2.24) is 19.8 Å². The molecule has 10 heteroatoms. The van der Waals surface area contributed by atoms with Crippen LogP contribution >= 0.6 is 21.6 Å². The summed E-state index contributed by atoms with van der Waals surface area (Å²) in [4.78, 5) is 23.7. The fraction of sp³-hybridized carbons (Fsp3) is 0.600. The molecule has 2 heterocycles. The normalized spacial score (nSPS) is 10.9. The molecule has 0 spiro atoms. The molecule has 0 radical (unpaired) electrons. The first-order valence-corrected chi connectivity index (χ1v) is 12.8. The second kappa shape index (κ2) is 14.1. The Morgan fingerprint density at radius 3 is 1.60 bits per heavy atom. The number of hydrogen-bond acceptors (Lipinski definition) is 4. The topological polar surface area (TPSA) is 75.8 Å². The van der Waals surface area contributed by atoms with Crippen LogP contribution in [0.3, 0.4) is 0 Å². The third-order valence-corrected chi connectivity index (χ3v) is 6.79. The molecular formula is C20H34N6O2S2+2. The van der Waals surface area contributed by atoms with E-state index < -0.39 is 0 Å². The number of imidazole rings is 2. The molecule has 0 aliphatic carbocycles. The van der Waals surface area contributed by atoms with Gasteiger partial charge < -0.3 is 10.6 Å². The highest BCUT2D eigenvalue weighted by atomic mass is 33.1. The highest BCUT2D eigenvalue weighted by molar-refractivity contribution is 8.76. The molecule has 30 heavy (non-hydrogen) atoms. The molecule has 8 nitrogen and oxygen atoms in total. The number of nitrogens with one attached hydrogen (secondary N) is 2. The van der Waals surface area contributed by atoms with Crippen molar-refractivity contribution in [2.45, 2.75) is 38.8 Å². The van der Waals surface area contributed by atoms with Crippen LogP contribution in [-0.2, 0) is 36.8 Å². The van der Waals surface area contributed by atoms with E-state index in [0.29, 0.717) is 25.9 Å². The van der Waals surface area contributed by atoms with Gasteiger partial charge in [0.25, 0.3) is 0 Å². The molecule has 166 valence electrons. The Morgan fingerprint density at radius 1 is 0.800 bits per heavy atom. The van der Waals surface area contributed by atoms with Gasteiger partial charge in [-0.2, -0.15) is 0 Å². The quantitative estimate of drug-likeness (QED) is 0.237. The number of carbonyl (C=O) groups is 2. The van der Waals surface area contributed by atoms with Crippen LogP contribution in [-0.4, -0.2) is 45.5 Å². The molecule has 0 atom stereocenters. The highest BCUT2D eigenvalue weighted by Crippen LogP contribution is 2.19. The average Bonchev–Trinajstić information content (AvgIpc) is 3.31. The van der Waals surface area contributed by atoms with E-state index in [0.717, 1.165) is 37.4 Å². The number of amides is 2. The largest absolute Gasteiger partial charge is 0.355 e. The summed E-state index contributed by atoms with van der Waals surface area (Å²) in [7, 11) is 7.42. The molecule has 0 fully saturated rings. The molecule has 0 unspecified atom stereocenters. The van der Waals surface area contributed by atoms with Crippen LogP contribution < -0.4 is 19.8 Å². The monoisotopic (exact) mass is 454 g/mol. The zero-order chi connectivity index (χ0) is 21.6. The number of aryl methyl sites for hydroxylation is 4. The van der Waals surface area contributed by atoms with Crippen LogP contribution in [0.2, 0.25) is 0 Å². The molecule has 2 amide bonds. The van der Waals surface area contributed by atoms with Crippen molar-refractivity contribution >= 4 is 33.4 Å². The van der Waals surface area contributed by atoms with E-state index in [-0.39, 0.29) is 11.8 Å². The molecule has 0 aliphatic rings. The van der Waals surface area contributed by atoms with Crippen molar-refractivity contribution in [3.8, 4) is 0 Å². The fourth-order valence-electron chi connectivity index (χ4n) is 2.87.